The van der Waals surface area contributed by atoms with E-state index in [0.29, 0.717) is 27.9 Å². The number of nitrogens with zero attached hydrogens (tertiary/aromatic N) is 2. The van der Waals surface area contributed by atoms with Crippen LogP contribution < -0.4 is 15.2 Å². The Hall–Kier alpha value is -2.21. The van der Waals surface area contributed by atoms with Crippen LogP contribution in [-0.4, -0.2) is 22.1 Å². The van der Waals surface area contributed by atoms with Gasteiger partial charge >= 0.3 is 0 Å². The SMILES string of the molecule is COc1cc(OCc2ncccn2)cc(C(N)=S)c1. The Kier molecular flexibility index (Phi) is 4.25. The van der Waals surface area contributed by atoms with E-state index in [2.05, 4.69) is 9.97 Å². The van der Waals surface area contributed by atoms with Crippen molar-refractivity contribution in [2.75, 3.05) is 7.11 Å². The number of nitrogens with two attached hydrogens (primary N) is 1. The largest absolute Gasteiger partial charge is 0.497 e. The van der Waals surface area contributed by atoms with Crippen LogP contribution in [0.2, 0.25) is 0 Å². The van der Waals surface area contributed by atoms with Gasteiger partial charge in [-0.1, -0.05) is 12.2 Å². The summed E-state index contributed by atoms with van der Waals surface area (Å²) >= 11 is 4.95. The zero-order valence-corrected chi connectivity index (χ0v) is 11.2. The molecule has 0 unspecified atom stereocenters. The fraction of sp³-hybridized carbons (Fsp3) is 0.154. The average molecular weight is 275 g/mol. The quantitative estimate of drug-likeness (QED) is 0.837. The maximum Gasteiger partial charge on any atom is 0.166 e. The van der Waals surface area contributed by atoms with Crippen molar-refractivity contribution in [2.24, 2.45) is 5.73 Å². The molecule has 0 saturated carbocycles. The molecule has 0 amide bonds. The second-order valence-electron chi connectivity index (χ2n) is 3.72. The van der Waals surface area contributed by atoms with E-state index in [4.69, 9.17) is 27.4 Å². The summed E-state index contributed by atoms with van der Waals surface area (Å²) in [4.78, 5) is 8.44. The van der Waals surface area contributed by atoms with Gasteiger partial charge in [0.25, 0.3) is 0 Å². The maximum atomic E-state index is 5.61. The van der Waals surface area contributed by atoms with Gasteiger partial charge in [-0.2, -0.15) is 0 Å². The van der Waals surface area contributed by atoms with Gasteiger partial charge < -0.3 is 15.2 Å². The number of thiocarbonyl (C=S) groups is 1. The molecule has 1 aromatic carbocycles. The van der Waals surface area contributed by atoms with Gasteiger partial charge in [-0.05, 0) is 18.2 Å². The molecule has 98 valence electrons. The fourth-order valence-electron chi connectivity index (χ4n) is 1.47. The highest BCUT2D eigenvalue weighted by Crippen LogP contribution is 2.23. The smallest absolute Gasteiger partial charge is 0.166 e. The summed E-state index contributed by atoms with van der Waals surface area (Å²) in [6.45, 7) is 0.269. The van der Waals surface area contributed by atoms with Gasteiger partial charge in [0.1, 0.15) is 23.1 Å². The molecule has 19 heavy (non-hydrogen) atoms. The Bertz CT molecular complexity index is 575. The minimum Gasteiger partial charge on any atom is -0.497 e. The molecule has 0 saturated heterocycles. The molecule has 2 aromatic rings. The van der Waals surface area contributed by atoms with E-state index in [-0.39, 0.29) is 6.61 Å². The van der Waals surface area contributed by atoms with Crippen molar-refractivity contribution in [3.63, 3.8) is 0 Å². The molecule has 2 N–H and O–H groups in total. The van der Waals surface area contributed by atoms with Crippen molar-refractivity contribution >= 4 is 17.2 Å². The van der Waals surface area contributed by atoms with Crippen LogP contribution in [0.3, 0.4) is 0 Å². The second-order valence-corrected chi connectivity index (χ2v) is 4.15. The summed E-state index contributed by atoms with van der Waals surface area (Å²) in [6, 6.07) is 7.02. The topological polar surface area (TPSA) is 70.3 Å². The molecule has 2 rings (SSSR count). The van der Waals surface area contributed by atoms with Gasteiger partial charge in [0.2, 0.25) is 0 Å². The van der Waals surface area contributed by atoms with Crippen LogP contribution in [-0.2, 0) is 6.61 Å². The van der Waals surface area contributed by atoms with Gasteiger partial charge in [-0.15, -0.1) is 0 Å². The fourth-order valence-corrected chi connectivity index (χ4v) is 1.59. The highest BCUT2D eigenvalue weighted by Gasteiger charge is 2.05. The first-order valence-corrected chi connectivity index (χ1v) is 5.97. The van der Waals surface area contributed by atoms with Crippen molar-refractivity contribution in [2.45, 2.75) is 6.61 Å². The third-order valence-electron chi connectivity index (χ3n) is 2.39. The molecule has 0 bridgehead atoms. The van der Waals surface area contributed by atoms with Crippen LogP contribution in [0.15, 0.2) is 36.7 Å². The first-order chi connectivity index (χ1) is 9.19. The maximum absolute atomic E-state index is 5.61. The van der Waals surface area contributed by atoms with Crippen molar-refractivity contribution in [1.29, 1.82) is 0 Å². The van der Waals surface area contributed by atoms with Gasteiger partial charge in [-0.25, -0.2) is 9.97 Å². The van der Waals surface area contributed by atoms with Gasteiger partial charge in [0.15, 0.2) is 5.82 Å². The molecule has 0 aliphatic heterocycles. The van der Waals surface area contributed by atoms with Gasteiger partial charge in [0, 0.05) is 24.0 Å². The first-order valence-electron chi connectivity index (χ1n) is 5.56. The van der Waals surface area contributed by atoms with Crippen LogP contribution >= 0.6 is 12.2 Å². The predicted octanol–water partition coefficient (Wildman–Crippen LogP) is 1.70. The minimum absolute atomic E-state index is 0.269. The molecule has 0 spiro atoms. The Morgan fingerprint density at radius 1 is 1.21 bits per heavy atom. The van der Waals surface area contributed by atoms with Crippen molar-refractivity contribution in [3.05, 3.63) is 48.0 Å². The van der Waals surface area contributed by atoms with E-state index in [9.17, 15) is 0 Å². The monoisotopic (exact) mass is 275 g/mol. The van der Waals surface area contributed by atoms with Crippen LogP contribution in [0.4, 0.5) is 0 Å². The average Bonchev–Trinajstić information content (AvgIpc) is 2.45. The molecule has 1 heterocycles. The van der Waals surface area contributed by atoms with Crippen LogP contribution in [0.5, 0.6) is 11.5 Å². The molecule has 0 fully saturated rings. The highest BCUT2D eigenvalue weighted by atomic mass is 32.1. The Morgan fingerprint density at radius 3 is 2.53 bits per heavy atom. The van der Waals surface area contributed by atoms with E-state index in [1.807, 2.05) is 0 Å². The Labute approximate surface area is 116 Å². The van der Waals surface area contributed by atoms with Crippen molar-refractivity contribution in [1.82, 2.24) is 9.97 Å². The number of methoxy groups -OCH3 is 1. The van der Waals surface area contributed by atoms with E-state index < -0.39 is 0 Å². The molecule has 0 aliphatic carbocycles. The zero-order chi connectivity index (χ0) is 13.7. The lowest BCUT2D eigenvalue weighted by Crippen LogP contribution is -2.10. The molecular weight excluding hydrogens is 262 g/mol. The lowest BCUT2D eigenvalue weighted by atomic mass is 10.2. The minimum atomic E-state index is 0.269. The lowest BCUT2D eigenvalue weighted by Gasteiger charge is -2.09. The van der Waals surface area contributed by atoms with Crippen molar-refractivity contribution in [3.8, 4) is 11.5 Å². The number of hydrogen-bond acceptors (Lipinski definition) is 5. The van der Waals surface area contributed by atoms with Crippen LogP contribution in [0.25, 0.3) is 0 Å². The third kappa shape index (κ3) is 3.62. The second kappa shape index (κ2) is 6.10. The molecule has 1 aromatic heterocycles. The number of benzene rings is 1. The highest BCUT2D eigenvalue weighted by molar-refractivity contribution is 7.80. The number of rotatable bonds is 5. The number of hydrogen-bond donors (Lipinski definition) is 1. The standard InChI is InChI=1S/C13H13N3O2S/c1-17-10-5-9(13(14)19)6-11(7-10)18-8-12-15-3-2-4-16-12/h2-7H,8H2,1H3,(H2,14,19). The Balaban J connectivity index is 2.15. The van der Waals surface area contributed by atoms with Crippen molar-refractivity contribution < 1.29 is 9.47 Å². The van der Waals surface area contributed by atoms with Gasteiger partial charge in [-0.3, -0.25) is 0 Å². The molecule has 0 atom stereocenters. The van der Waals surface area contributed by atoms with Crippen LogP contribution in [0, 0.1) is 0 Å². The summed E-state index contributed by atoms with van der Waals surface area (Å²) in [5.74, 6) is 1.84. The summed E-state index contributed by atoms with van der Waals surface area (Å²) in [5, 5.41) is 0. The van der Waals surface area contributed by atoms with Gasteiger partial charge in [0.05, 0.1) is 7.11 Å². The molecule has 5 nitrogen and oxygen atoms in total. The summed E-state index contributed by atoms with van der Waals surface area (Å²) in [7, 11) is 1.57. The van der Waals surface area contributed by atoms with E-state index in [1.165, 1.54) is 0 Å². The third-order valence-corrected chi connectivity index (χ3v) is 2.62. The molecule has 6 heteroatoms. The van der Waals surface area contributed by atoms with E-state index >= 15 is 0 Å². The zero-order valence-electron chi connectivity index (χ0n) is 10.4. The normalized spacial score (nSPS) is 9.95. The predicted molar refractivity (Wildman–Crippen MR) is 75.2 cm³/mol. The summed E-state index contributed by atoms with van der Waals surface area (Å²) in [5.41, 5.74) is 6.30. The summed E-state index contributed by atoms with van der Waals surface area (Å²) < 4.78 is 10.8. The number of ether oxygens (including phenoxy) is 2. The molecule has 0 aliphatic rings. The Morgan fingerprint density at radius 2 is 1.89 bits per heavy atom. The number of aromatic nitrogens is 2. The lowest BCUT2D eigenvalue weighted by molar-refractivity contribution is 0.293. The first kappa shape index (κ1) is 13.2. The van der Waals surface area contributed by atoms with Crippen LogP contribution in [0.1, 0.15) is 11.4 Å². The molecule has 0 radical (unpaired) electrons. The van der Waals surface area contributed by atoms with E-state index in [0.717, 1.165) is 0 Å². The van der Waals surface area contributed by atoms with E-state index in [1.54, 1.807) is 43.8 Å². The summed E-state index contributed by atoms with van der Waals surface area (Å²) in [6.07, 6.45) is 3.33. The molecular formula is C13H13N3O2S.